The molecular weight excluding hydrogens is 309 g/mol. The fourth-order valence-electron chi connectivity index (χ4n) is 2.81. The van der Waals surface area contributed by atoms with Gasteiger partial charge in [0.2, 0.25) is 11.8 Å². The zero-order valence-corrected chi connectivity index (χ0v) is 12.9. The molecule has 0 aromatic heterocycles. The second-order valence-corrected chi connectivity index (χ2v) is 5.55. The third-order valence-electron chi connectivity index (χ3n) is 4.06. The van der Waals surface area contributed by atoms with E-state index >= 15 is 0 Å². The Bertz CT molecular complexity index is 588. The molecule has 2 aliphatic heterocycles. The van der Waals surface area contributed by atoms with Crippen molar-refractivity contribution in [3.63, 3.8) is 0 Å². The van der Waals surface area contributed by atoms with E-state index < -0.39 is 5.82 Å². The minimum Gasteiger partial charge on any atom is -0.326 e. The molecule has 1 saturated heterocycles. The van der Waals surface area contributed by atoms with Crippen LogP contribution in [-0.2, 0) is 16.0 Å². The topological polar surface area (TPSA) is 70.2 Å². The van der Waals surface area contributed by atoms with Gasteiger partial charge < -0.3 is 16.0 Å². The molecule has 3 rings (SSSR count). The number of benzene rings is 1. The average Bonchev–Trinajstić information content (AvgIpc) is 2.49. The summed E-state index contributed by atoms with van der Waals surface area (Å²) in [5.41, 5.74) is 1.50. The number of carbonyl (C=O) groups is 2. The molecule has 0 spiro atoms. The van der Waals surface area contributed by atoms with Crippen molar-refractivity contribution >= 4 is 35.6 Å². The van der Waals surface area contributed by atoms with E-state index in [1.54, 1.807) is 0 Å². The van der Waals surface area contributed by atoms with Gasteiger partial charge in [-0.2, -0.15) is 0 Å². The SMILES string of the molecule is Cl.O=C1CCc2cc(F)c(NC(=O)C3CCNCC3)cc2N1. The number of rotatable bonds is 2. The van der Waals surface area contributed by atoms with E-state index in [1.807, 2.05) is 0 Å². The fourth-order valence-corrected chi connectivity index (χ4v) is 2.81. The van der Waals surface area contributed by atoms with Crippen molar-refractivity contribution < 1.29 is 14.0 Å². The van der Waals surface area contributed by atoms with Gasteiger partial charge in [0.1, 0.15) is 5.82 Å². The minimum absolute atomic E-state index is 0. The molecule has 120 valence electrons. The normalized spacial score (nSPS) is 18.0. The number of amides is 2. The highest BCUT2D eigenvalue weighted by molar-refractivity contribution is 5.97. The molecule has 2 amide bonds. The highest BCUT2D eigenvalue weighted by atomic mass is 35.5. The molecule has 2 heterocycles. The van der Waals surface area contributed by atoms with Crippen molar-refractivity contribution in [2.24, 2.45) is 5.92 Å². The van der Waals surface area contributed by atoms with Crippen molar-refractivity contribution in [2.75, 3.05) is 23.7 Å². The monoisotopic (exact) mass is 327 g/mol. The third kappa shape index (κ3) is 3.56. The molecule has 22 heavy (non-hydrogen) atoms. The molecular formula is C15H19ClFN3O2. The molecule has 0 unspecified atom stereocenters. The minimum atomic E-state index is -0.452. The van der Waals surface area contributed by atoms with Gasteiger partial charge in [-0.15, -0.1) is 12.4 Å². The number of aryl methyl sites for hydroxylation is 1. The van der Waals surface area contributed by atoms with Gasteiger partial charge in [0.05, 0.1) is 5.69 Å². The Morgan fingerprint density at radius 3 is 2.68 bits per heavy atom. The molecule has 1 aromatic carbocycles. The third-order valence-corrected chi connectivity index (χ3v) is 4.06. The highest BCUT2D eigenvalue weighted by Crippen LogP contribution is 2.29. The lowest BCUT2D eigenvalue weighted by molar-refractivity contribution is -0.120. The van der Waals surface area contributed by atoms with Crippen molar-refractivity contribution in [3.8, 4) is 0 Å². The number of fused-ring (bicyclic) bond motifs is 1. The lowest BCUT2D eigenvalue weighted by atomic mass is 9.97. The molecule has 0 aliphatic carbocycles. The maximum atomic E-state index is 14.1. The molecule has 2 aliphatic rings. The van der Waals surface area contributed by atoms with Crippen LogP contribution in [0.3, 0.4) is 0 Å². The van der Waals surface area contributed by atoms with Crippen LogP contribution in [0.4, 0.5) is 15.8 Å². The van der Waals surface area contributed by atoms with Crippen LogP contribution in [0.5, 0.6) is 0 Å². The van der Waals surface area contributed by atoms with Crippen LogP contribution in [0, 0.1) is 11.7 Å². The summed E-state index contributed by atoms with van der Waals surface area (Å²) < 4.78 is 14.1. The number of carbonyl (C=O) groups excluding carboxylic acids is 2. The Hall–Kier alpha value is -1.66. The summed E-state index contributed by atoms with van der Waals surface area (Å²) in [6.07, 6.45) is 2.41. The summed E-state index contributed by atoms with van der Waals surface area (Å²) >= 11 is 0. The number of nitrogens with one attached hydrogen (secondary N) is 3. The molecule has 1 fully saturated rings. The number of halogens is 2. The summed E-state index contributed by atoms with van der Waals surface area (Å²) in [5, 5.41) is 8.55. The molecule has 0 bridgehead atoms. The van der Waals surface area contributed by atoms with Crippen LogP contribution >= 0.6 is 12.4 Å². The summed E-state index contributed by atoms with van der Waals surface area (Å²) in [6, 6.07) is 2.91. The van der Waals surface area contributed by atoms with E-state index in [-0.39, 0.29) is 35.8 Å². The van der Waals surface area contributed by atoms with Crippen molar-refractivity contribution in [1.29, 1.82) is 0 Å². The standard InChI is InChI=1S/C15H18FN3O2.ClH/c16-11-7-10-1-2-14(20)18-12(10)8-13(11)19-15(21)9-3-5-17-6-4-9;/h7-9,17H,1-6H2,(H,18,20)(H,19,21);1H. The first-order valence-electron chi connectivity index (χ1n) is 7.27. The van der Waals surface area contributed by atoms with E-state index in [0.717, 1.165) is 31.5 Å². The van der Waals surface area contributed by atoms with E-state index in [4.69, 9.17) is 0 Å². The van der Waals surface area contributed by atoms with Crippen LogP contribution in [0.15, 0.2) is 12.1 Å². The lowest BCUT2D eigenvalue weighted by Gasteiger charge is -2.23. The predicted octanol–water partition coefficient (Wildman–Crippen LogP) is 2.07. The Morgan fingerprint density at radius 2 is 1.95 bits per heavy atom. The molecule has 1 aromatic rings. The van der Waals surface area contributed by atoms with Gasteiger partial charge in [-0.05, 0) is 50.0 Å². The van der Waals surface area contributed by atoms with E-state index in [9.17, 15) is 14.0 Å². The molecule has 7 heteroatoms. The first-order valence-corrected chi connectivity index (χ1v) is 7.27. The average molecular weight is 328 g/mol. The Kier molecular flexibility index (Phi) is 5.37. The number of hydrogen-bond donors (Lipinski definition) is 3. The van der Waals surface area contributed by atoms with Crippen LogP contribution in [-0.4, -0.2) is 24.9 Å². The molecule has 0 radical (unpaired) electrons. The largest absolute Gasteiger partial charge is 0.326 e. The van der Waals surface area contributed by atoms with E-state index in [1.165, 1.54) is 12.1 Å². The maximum Gasteiger partial charge on any atom is 0.227 e. The molecule has 3 N–H and O–H groups in total. The van der Waals surface area contributed by atoms with E-state index in [0.29, 0.717) is 18.5 Å². The fraction of sp³-hybridized carbons (Fsp3) is 0.467. The smallest absolute Gasteiger partial charge is 0.227 e. The van der Waals surface area contributed by atoms with Gasteiger partial charge in [0.15, 0.2) is 0 Å². The quantitative estimate of drug-likeness (QED) is 0.779. The zero-order valence-electron chi connectivity index (χ0n) is 12.1. The lowest BCUT2D eigenvalue weighted by Crippen LogP contribution is -2.34. The van der Waals surface area contributed by atoms with Gasteiger partial charge in [-0.1, -0.05) is 0 Å². The van der Waals surface area contributed by atoms with Crippen LogP contribution < -0.4 is 16.0 Å². The second-order valence-electron chi connectivity index (χ2n) is 5.55. The number of piperidine rings is 1. The number of anilines is 2. The van der Waals surface area contributed by atoms with Gasteiger partial charge in [-0.25, -0.2) is 4.39 Å². The molecule has 0 atom stereocenters. The van der Waals surface area contributed by atoms with Crippen molar-refractivity contribution in [1.82, 2.24) is 5.32 Å². The molecule has 5 nitrogen and oxygen atoms in total. The summed E-state index contributed by atoms with van der Waals surface area (Å²) in [5.74, 6) is -0.773. The van der Waals surface area contributed by atoms with Gasteiger partial charge in [0.25, 0.3) is 0 Å². The van der Waals surface area contributed by atoms with Gasteiger partial charge in [-0.3, -0.25) is 9.59 Å². The first kappa shape index (κ1) is 16.7. The second kappa shape index (κ2) is 7.07. The van der Waals surface area contributed by atoms with Gasteiger partial charge in [0, 0.05) is 18.0 Å². The summed E-state index contributed by atoms with van der Waals surface area (Å²) in [6.45, 7) is 1.61. The first-order chi connectivity index (χ1) is 10.1. The highest BCUT2D eigenvalue weighted by Gasteiger charge is 2.23. The summed E-state index contributed by atoms with van der Waals surface area (Å²) in [4.78, 5) is 23.6. The Morgan fingerprint density at radius 1 is 1.23 bits per heavy atom. The van der Waals surface area contributed by atoms with Crippen molar-refractivity contribution in [3.05, 3.63) is 23.5 Å². The van der Waals surface area contributed by atoms with E-state index in [2.05, 4.69) is 16.0 Å². The maximum absolute atomic E-state index is 14.1. The predicted molar refractivity (Wildman–Crippen MR) is 84.8 cm³/mol. The van der Waals surface area contributed by atoms with Crippen LogP contribution in [0.25, 0.3) is 0 Å². The van der Waals surface area contributed by atoms with Gasteiger partial charge >= 0.3 is 0 Å². The summed E-state index contributed by atoms with van der Waals surface area (Å²) in [7, 11) is 0. The van der Waals surface area contributed by atoms with Crippen molar-refractivity contribution in [2.45, 2.75) is 25.7 Å². The Labute approximate surface area is 134 Å². The zero-order chi connectivity index (χ0) is 14.8. The Balaban J connectivity index is 0.00000176. The molecule has 0 saturated carbocycles. The number of hydrogen-bond acceptors (Lipinski definition) is 3. The van der Waals surface area contributed by atoms with Crippen LogP contribution in [0.2, 0.25) is 0 Å². The van der Waals surface area contributed by atoms with Crippen LogP contribution in [0.1, 0.15) is 24.8 Å².